The molecule has 4 heterocycles. The van der Waals surface area contributed by atoms with Gasteiger partial charge < -0.3 is 30.3 Å². The van der Waals surface area contributed by atoms with E-state index in [1.54, 1.807) is 30.5 Å². The highest BCUT2D eigenvalue weighted by molar-refractivity contribution is 6.12. The van der Waals surface area contributed by atoms with Crippen LogP contribution in [0.3, 0.4) is 0 Å². The molecule has 3 aliphatic rings. The second-order valence-electron chi connectivity index (χ2n) is 14.3. The smallest absolute Gasteiger partial charge is 0.324 e. The summed E-state index contributed by atoms with van der Waals surface area (Å²) in [5.41, 5.74) is 3.01. The SMILES string of the molecule is O=C1OC(c2ccccc2)C(c2ccccc2)N2C1C(C(=O)NCCc1ccccn1)C1(C(=O)Nc3ccc(C#CCCO)cc31)C2c1ccc(OCCO)cc1. The van der Waals surface area contributed by atoms with Gasteiger partial charge in [-0.2, -0.15) is 0 Å². The number of amides is 2. The number of aliphatic hydroxyl groups is 2. The normalized spacial score (nSPS) is 23.4. The molecule has 2 fully saturated rings. The van der Waals surface area contributed by atoms with Crippen molar-refractivity contribution in [2.45, 2.75) is 42.5 Å². The summed E-state index contributed by atoms with van der Waals surface area (Å²) in [4.78, 5) is 51.8. The van der Waals surface area contributed by atoms with Crippen molar-refractivity contribution in [1.82, 2.24) is 15.2 Å². The van der Waals surface area contributed by atoms with Crippen LogP contribution < -0.4 is 15.4 Å². The number of carbonyl (C=O) groups is 3. The standard InChI is InChI=1S/C46H42N4O7/c51-26-10-8-11-30-17-22-37-36(29-30)46(45(55)49-37)38(43(53)48-25-23-34-16-7-9-24-47-34)40-44(54)57-41(32-14-5-2-6-15-32)39(31-12-3-1-4-13-31)50(40)42(46)33-18-20-35(21-19-33)56-28-27-52/h1-7,9,12-22,24,29,38-42,51-52H,10,23,25-28H2,(H,48,53)(H,49,55). The van der Waals surface area contributed by atoms with Gasteiger partial charge >= 0.3 is 5.97 Å². The van der Waals surface area contributed by atoms with Crippen LogP contribution in [0.1, 0.15) is 58.1 Å². The van der Waals surface area contributed by atoms with Crippen LogP contribution in [0.25, 0.3) is 0 Å². The molecule has 1 spiro atoms. The highest BCUT2D eigenvalue weighted by Gasteiger charge is 2.74. The zero-order chi connectivity index (χ0) is 39.4. The predicted octanol–water partition coefficient (Wildman–Crippen LogP) is 4.82. The average molecular weight is 763 g/mol. The maximum atomic E-state index is 15.3. The lowest BCUT2D eigenvalue weighted by molar-refractivity contribution is -0.178. The van der Waals surface area contributed by atoms with Crippen LogP contribution in [-0.2, 0) is 31.0 Å². The number of morpholine rings is 1. The Bertz CT molecular complexity index is 2300. The van der Waals surface area contributed by atoms with E-state index in [1.807, 2.05) is 102 Å². The van der Waals surface area contributed by atoms with Gasteiger partial charge in [0, 0.05) is 42.5 Å². The number of aliphatic hydroxyl groups excluding tert-OH is 2. The number of anilines is 1. The van der Waals surface area contributed by atoms with Gasteiger partial charge in [-0.05, 0) is 64.7 Å². The number of rotatable bonds is 11. The van der Waals surface area contributed by atoms with E-state index in [2.05, 4.69) is 27.5 Å². The molecule has 4 N–H and O–H groups in total. The van der Waals surface area contributed by atoms with E-state index in [9.17, 15) is 15.0 Å². The van der Waals surface area contributed by atoms with Crippen LogP contribution in [0.15, 0.2) is 128 Å². The summed E-state index contributed by atoms with van der Waals surface area (Å²) >= 11 is 0. The molecule has 288 valence electrons. The predicted molar refractivity (Wildman–Crippen MR) is 212 cm³/mol. The van der Waals surface area contributed by atoms with Crippen LogP contribution in [0.4, 0.5) is 5.69 Å². The lowest BCUT2D eigenvalue weighted by atomic mass is 9.65. The number of carbonyl (C=O) groups excluding carboxylic acids is 3. The Morgan fingerprint density at radius 2 is 1.60 bits per heavy atom. The minimum Gasteiger partial charge on any atom is -0.491 e. The van der Waals surface area contributed by atoms with Crippen LogP contribution in [-0.4, -0.2) is 70.3 Å². The zero-order valence-corrected chi connectivity index (χ0v) is 31.1. The summed E-state index contributed by atoms with van der Waals surface area (Å²) in [6, 6.07) is 34.7. The summed E-state index contributed by atoms with van der Waals surface area (Å²) in [6.45, 7) is 0.0349. The molecule has 2 saturated heterocycles. The third-order valence-corrected chi connectivity index (χ3v) is 11.0. The fourth-order valence-electron chi connectivity index (χ4n) is 8.77. The number of ether oxygens (including phenoxy) is 2. The van der Waals surface area contributed by atoms with Gasteiger partial charge in [0.15, 0.2) is 0 Å². The van der Waals surface area contributed by atoms with Crippen molar-refractivity contribution in [1.29, 1.82) is 0 Å². The van der Waals surface area contributed by atoms with E-state index in [0.29, 0.717) is 34.5 Å². The Hall–Kier alpha value is -6.32. The second-order valence-corrected chi connectivity index (χ2v) is 14.3. The molecule has 11 heteroatoms. The van der Waals surface area contributed by atoms with Gasteiger partial charge in [-0.3, -0.25) is 24.3 Å². The number of benzene rings is 4. The van der Waals surface area contributed by atoms with E-state index in [1.165, 1.54) is 0 Å². The first-order valence-corrected chi connectivity index (χ1v) is 19.1. The maximum absolute atomic E-state index is 15.3. The summed E-state index contributed by atoms with van der Waals surface area (Å²) in [5, 5.41) is 25.1. The van der Waals surface area contributed by atoms with Crippen molar-refractivity contribution in [3.8, 4) is 17.6 Å². The monoisotopic (exact) mass is 762 g/mol. The molecule has 5 aromatic rings. The summed E-state index contributed by atoms with van der Waals surface area (Å²) in [6.07, 6.45) is 1.59. The molecule has 0 radical (unpaired) electrons. The number of hydrogen-bond acceptors (Lipinski definition) is 9. The Morgan fingerprint density at radius 3 is 2.30 bits per heavy atom. The summed E-state index contributed by atoms with van der Waals surface area (Å²) in [5.74, 6) is 3.80. The van der Waals surface area contributed by atoms with E-state index >= 15 is 9.59 Å². The summed E-state index contributed by atoms with van der Waals surface area (Å²) in [7, 11) is 0. The zero-order valence-electron chi connectivity index (χ0n) is 31.1. The number of pyridine rings is 1. The van der Waals surface area contributed by atoms with Gasteiger partial charge in [-0.1, -0.05) is 90.7 Å². The number of nitrogens with one attached hydrogen (secondary N) is 2. The van der Waals surface area contributed by atoms with Gasteiger partial charge in [0.25, 0.3) is 0 Å². The molecule has 0 saturated carbocycles. The molecule has 4 aromatic carbocycles. The molecule has 3 aliphatic heterocycles. The maximum Gasteiger partial charge on any atom is 0.324 e. The van der Waals surface area contributed by atoms with Crippen LogP contribution >= 0.6 is 0 Å². The van der Waals surface area contributed by atoms with Crippen molar-refractivity contribution in [3.63, 3.8) is 0 Å². The minimum absolute atomic E-state index is 0.0954. The third-order valence-electron chi connectivity index (χ3n) is 11.0. The molecule has 0 aliphatic carbocycles. The lowest BCUT2D eigenvalue weighted by Gasteiger charge is -2.46. The highest BCUT2D eigenvalue weighted by atomic mass is 16.6. The largest absolute Gasteiger partial charge is 0.491 e. The first kappa shape index (κ1) is 37.6. The molecule has 1 aromatic heterocycles. The number of nitrogens with zero attached hydrogens (tertiary/aromatic N) is 2. The lowest BCUT2D eigenvalue weighted by Crippen LogP contribution is -2.55. The first-order chi connectivity index (χ1) is 27.9. The van der Waals surface area contributed by atoms with Gasteiger partial charge in [0.1, 0.15) is 29.9 Å². The van der Waals surface area contributed by atoms with Gasteiger partial charge in [0.05, 0.1) is 31.2 Å². The molecular weight excluding hydrogens is 721 g/mol. The number of esters is 1. The topological polar surface area (TPSA) is 150 Å². The Labute approximate surface area is 330 Å². The quantitative estimate of drug-likeness (QED) is 0.110. The van der Waals surface area contributed by atoms with Crippen LogP contribution in [0.5, 0.6) is 5.75 Å². The summed E-state index contributed by atoms with van der Waals surface area (Å²) < 4.78 is 12.2. The molecular formula is C46H42N4O7. The van der Waals surface area contributed by atoms with Crippen molar-refractivity contribution >= 4 is 23.5 Å². The minimum atomic E-state index is -1.67. The van der Waals surface area contributed by atoms with E-state index in [-0.39, 0.29) is 32.8 Å². The Balaban J connectivity index is 1.37. The second kappa shape index (κ2) is 16.4. The molecule has 57 heavy (non-hydrogen) atoms. The first-order valence-electron chi connectivity index (χ1n) is 19.1. The number of cyclic esters (lactones) is 1. The number of aromatic nitrogens is 1. The fourth-order valence-corrected chi connectivity index (χ4v) is 8.77. The number of hydrogen-bond donors (Lipinski definition) is 4. The van der Waals surface area contributed by atoms with Crippen molar-refractivity contribution in [3.05, 3.63) is 161 Å². The molecule has 8 rings (SSSR count). The van der Waals surface area contributed by atoms with Gasteiger partial charge in [-0.15, -0.1) is 0 Å². The van der Waals surface area contributed by atoms with E-state index < -0.39 is 53.3 Å². The van der Waals surface area contributed by atoms with Crippen molar-refractivity contribution in [2.75, 3.05) is 31.7 Å². The Morgan fingerprint density at radius 1 is 0.860 bits per heavy atom. The third kappa shape index (κ3) is 6.93. The van der Waals surface area contributed by atoms with Crippen LogP contribution in [0.2, 0.25) is 0 Å². The van der Waals surface area contributed by atoms with Crippen LogP contribution in [0, 0.1) is 17.8 Å². The highest BCUT2D eigenvalue weighted by Crippen LogP contribution is 2.64. The van der Waals surface area contributed by atoms with E-state index in [4.69, 9.17) is 9.47 Å². The number of fused-ring (bicyclic) bond motifs is 3. The molecule has 11 nitrogen and oxygen atoms in total. The average Bonchev–Trinajstić information content (AvgIpc) is 3.72. The van der Waals surface area contributed by atoms with Gasteiger partial charge in [0.2, 0.25) is 11.8 Å². The molecule has 0 bridgehead atoms. The Kier molecular flexibility index (Phi) is 10.8. The fraction of sp³-hybridized carbons (Fsp3) is 0.261. The molecule has 6 unspecified atom stereocenters. The molecule has 2 amide bonds. The van der Waals surface area contributed by atoms with Crippen molar-refractivity contribution < 1.29 is 34.1 Å². The van der Waals surface area contributed by atoms with Crippen molar-refractivity contribution in [2.24, 2.45) is 5.92 Å². The van der Waals surface area contributed by atoms with E-state index in [0.717, 1.165) is 16.8 Å². The van der Waals surface area contributed by atoms with Gasteiger partial charge in [-0.25, -0.2) is 0 Å². The molecule has 6 atom stereocenters.